The van der Waals surface area contributed by atoms with E-state index in [0.29, 0.717) is 12.4 Å². The summed E-state index contributed by atoms with van der Waals surface area (Å²) >= 11 is 3.63. The summed E-state index contributed by atoms with van der Waals surface area (Å²) < 4.78 is 12.4. The summed E-state index contributed by atoms with van der Waals surface area (Å²) in [6.45, 7) is 12.5. The minimum Gasteiger partial charge on any atom is -0.493 e. The molecule has 0 saturated carbocycles. The molecular weight excluding hydrogens is 404 g/mol. The topological polar surface area (TPSA) is 43.4 Å². The Morgan fingerprint density at radius 2 is 1.85 bits per heavy atom. The molecular formula is C22H31BrN2O2. The first-order chi connectivity index (χ1) is 12.6. The monoisotopic (exact) mass is 434 g/mol. The molecule has 0 aliphatic rings. The Hall–Kier alpha value is -1.59. The van der Waals surface area contributed by atoms with Crippen LogP contribution in [0.5, 0.6) is 11.5 Å². The van der Waals surface area contributed by atoms with Gasteiger partial charge >= 0.3 is 0 Å². The first kappa shape index (κ1) is 21.7. The summed E-state index contributed by atoms with van der Waals surface area (Å²) in [5.74, 6) is 1.43. The van der Waals surface area contributed by atoms with E-state index in [1.807, 2.05) is 18.2 Å². The van der Waals surface area contributed by atoms with Crippen LogP contribution in [0.1, 0.15) is 52.2 Å². The van der Waals surface area contributed by atoms with E-state index in [9.17, 15) is 0 Å². The number of rotatable bonds is 8. The van der Waals surface area contributed by atoms with Gasteiger partial charge in [-0.1, -0.05) is 26.8 Å². The van der Waals surface area contributed by atoms with E-state index in [1.54, 1.807) is 19.5 Å². The highest BCUT2D eigenvalue weighted by atomic mass is 79.9. The van der Waals surface area contributed by atoms with E-state index in [0.717, 1.165) is 34.3 Å². The molecule has 0 fully saturated rings. The van der Waals surface area contributed by atoms with Gasteiger partial charge in [-0.2, -0.15) is 0 Å². The molecule has 0 spiro atoms. The first-order valence-electron chi connectivity index (χ1n) is 9.23. The lowest BCUT2D eigenvalue weighted by Gasteiger charge is -2.33. The second-order valence-corrected chi connectivity index (χ2v) is 9.59. The van der Waals surface area contributed by atoms with Gasteiger partial charge < -0.3 is 14.8 Å². The number of halogens is 1. The van der Waals surface area contributed by atoms with Gasteiger partial charge in [0.05, 0.1) is 11.6 Å². The number of nitrogens with zero attached hydrogens (tertiary/aromatic N) is 1. The van der Waals surface area contributed by atoms with E-state index in [4.69, 9.17) is 9.47 Å². The van der Waals surface area contributed by atoms with Crippen LogP contribution in [0.3, 0.4) is 0 Å². The highest BCUT2D eigenvalue weighted by molar-refractivity contribution is 9.10. The standard InChI is InChI=1S/C22H31BrN2O2/c1-21(2,3)15-22(4,5)25-13-17-10-18(23)20(19(11-17)26-6)27-14-16-8-7-9-24-12-16/h7-12,25H,13-15H2,1-6H3. The maximum absolute atomic E-state index is 5.98. The second-order valence-electron chi connectivity index (χ2n) is 8.73. The van der Waals surface area contributed by atoms with Crippen LogP contribution in [-0.4, -0.2) is 17.6 Å². The van der Waals surface area contributed by atoms with Crippen molar-refractivity contribution in [3.05, 3.63) is 52.3 Å². The molecule has 1 N–H and O–H groups in total. The van der Waals surface area contributed by atoms with Crippen LogP contribution >= 0.6 is 15.9 Å². The molecule has 148 valence electrons. The van der Waals surface area contributed by atoms with Crippen LogP contribution in [0.25, 0.3) is 0 Å². The summed E-state index contributed by atoms with van der Waals surface area (Å²) in [5.41, 5.74) is 2.49. The Kier molecular flexibility index (Phi) is 7.29. The van der Waals surface area contributed by atoms with Crippen molar-refractivity contribution < 1.29 is 9.47 Å². The molecule has 1 aromatic heterocycles. The van der Waals surface area contributed by atoms with Crippen molar-refractivity contribution in [1.29, 1.82) is 0 Å². The van der Waals surface area contributed by atoms with Gasteiger partial charge in [0.1, 0.15) is 6.61 Å². The number of methoxy groups -OCH3 is 1. The maximum atomic E-state index is 5.98. The van der Waals surface area contributed by atoms with Crippen molar-refractivity contribution in [3.63, 3.8) is 0 Å². The fourth-order valence-corrected chi connectivity index (χ4v) is 3.99. The van der Waals surface area contributed by atoms with Crippen molar-refractivity contribution in [1.82, 2.24) is 10.3 Å². The summed E-state index contributed by atoms with van der Waals surface area (Å²) in [7, 11) is 1.67. The van der Waals surface area contributed by atoms with Gasteiger partial charge in [-0.15, -0.1) is 0 Å². The third kappa shape index (κ3) is 7.15. The number of pyridine rings is 1. The number of hydrogen-bond donors (Lipinski definition) is 1. The third-order valence-electron chi connectivity index (χ3n) is 4.14. The summed E-state index contributed by atoms with van der Waals surface area (Å²) in [6.07, 6.45) is 4.64. The quantitative estimate of drug-likeness (QED) is 0.575. The van der Waals surface area contributed by atoms with Crippen molar-refractivity contribution in [3.8, 4) is 11.5 Å². The molecule has 0 aliphatic heterocycles. The first-order valence-corrected chi connectivity index (χ1v) is 10.0. The van der Waals surface area contributed by atoms with Crippen LogP contribution in [-0.2, 0) is 13.2 Å². The molecule has 0 amide bonds. The molecule has 4 nitrogen and oxygen atoms in total. The third-order valence-corrected chi connectivity index (χ3v) is 4.73. The van der Waals surface area contributed by atoms with E-state index in [1.165, 1.54) is 0 Å². The Labute approximate surface area is 171 Å². The molecule has 0 aliphatic carbocycles. The van der Waals surface area contributed by atoms with Gasteiger partial charge in [-0.05, 0) is 65.4 Å². The van der Waals surface area contributed by atoms with Crippen LogP contribution in [0.15, 0.2) is 41.1 Å². The van der Waals surface area contributed by atoms with Gasteiger partial charge in [-0.25, -0.2) is 0 Å². The van der Waals surface area contributed by atoms with Crippen molar-refractivity contribution >= 4 is 15.9 Å². The molecule has 0 bridgehead atoms. The highest BCUT2D eigenvalue weighted by Crippen LogP contribution is 2.37. The lowest BCUT2D eigenvalue weighted by Crippen LogP contribution is -2.41. The normalized spacial score (nSPS) is 12.1. The average Bonchev–Trinajstić information content (AvgIpc) is 2.57. The van der Waals surface area contributed by atoms with E-state index in [2.05, 4.69) is 66.9 Å². The number of nitrogens with one attached hydrogen (secondary N) is 1. The predicted octanol–water partition coefficient (Wildman–Crippen LogP) is 5.74. The summed E-state index contributed by atoms with van der Waals surface area (Å²) in [6, 6.07) is 8.01. The average molecular weight is 435 g/mol. The van der Waals surface area contributed by atoms with Gasteiger partial charge in [0.25, 0.3) is 0 Å². The van der Waals surface area contributed by atoms with Crippen molar-refractivity contribution in [2.45, 2.75) is 59.7 Å². The smallest absolute Gasteiger partial charge is 0.175 e. The number of benzene rings is 1. The summed E-state index contributed by atoms with van der Waals surface area (Å²) in [5, 5.41) is 3.66. The Morgan fingerprint density at radius 3 is 2.44 bits per heavy atom. The highest BCUT2D eigenvalue weighted by Gasteiger charge is 2.25. The molecule has 0 atom stereocenters. The zero-order valence-corrected chi connectivity index (χ0v) is 18.8. The van der Waals surface area contributed by atoms with Crippen molar-refractivity contribution in [2.75, 3.05) is 7.11 Å². The van der Waals surface area contributed by atoms with Gasteiger partial charge in [-0.3, -0.25) is 4.98 Å². The molecule has 2 aromatic rings. The van der Waals surface area contributed by atoms with Crippen LogP contribution in [0, 0.1) is 5.41 Å². The number of ether oxygens (including phenoxy) is 2. The minimum absolute atomic E-state index is 0.0490. The van der Waals surface area contributed by atoms with Gasteiger partial charge in [0.15, 0.2) is 11.5 Å². The molecule has 1 aromatic carbocycles. The van der Waals surface area contributed by atoms with Crippen molar-refractivity contribution in [2.24, 2.45) is 5.41 Å². The largest absolute Gasteiger partial charge is 0.493 e. The minimum atomic E-state index is 0.0490. The fraction of sp³-hybridized carbons (Fsp3) is 0.500. The zero-order chi connectivity index (χ0) is 20.1. The van der Waals surface area contributed by atoms with Gasteiger partial charge in [0.2, 0.25) is 0 Å². The van der Waals surface area contributed by atoms with Crippen LogP contribution < -0.4 is 14.8 Å². The molecule has 0 radical (unpaired) electrons. The molecule has 0 unspecified atom stereocenters. The SMILES string of the molecule is COc1cc(CNC(C)(C)CC(C)(C)C)cc(Br)c1OCc1cccnc1. The molecule has 2 rings (SSSR count). The maximum Gasteiger partial charge on any atom is 0.175 e. The fourth-order valence-electron chi connectivity index (χ4n) is 3.38. The lowest BCUT2D eigenvalue weighted by molar-refractivity contribution is 0.240. The van der Waals surface area contributed by atoms with E-state index < -0.39 is 0 Å². The second kappa shape index (κ2) is 9.07. The molecule has 5 heteroatoms. The van der Waals surface area contributed by atoms with E-state index in [-0.39, 0.29) is 11.0 Å². The summed E-state index contributed by atoms with van der Waals surface area (Å²) in [4.78, 5) is 4.12. The van der Waals surface area contributed by atoms with Gasteiger partial charge in [0, 0.05) is 30.0 Å². The van der Waals surface area contributed by atoms with E-state index >= 15 is 0 Å². The Bertz CT molecular complexity index is 740. The van der Waals surface area contributed by atoms with Crippen LogP contribution in [0.4, 0.5) is 0 Å². The lowest BCUT2D eigenvalue weighted by atomic mass is 9.82. The Morgan fingerprint density at radius 1 is 1.11 bits per heavy atom. The Balaban J connectivity index is 2.08. The van der Waals surface area contributed by atoms with Crippen LogP contribution in [0.2, 0.25) is 0 Å². The number of hydrogen-bond acceptors (Lipinski definition) is 4. The molecule has 0 saturated heterocycles. The molecule has 1 heterocycles. The zero-order valence-electron chi connectivity index (χ0n) is 17.2. The predicted molar refractivity (Wildman–Crippen MR) is 114 cm³/mol. The number of aromatic nitrogens is 1. The molecule has 27 heavy (non-hydrogen) atoms.